The monoisotopic (exact) mass is 404 g/mol. The molecule has 0 saturated carbocycles. The lowest BCUT2D eigenvalue weighted by molar-refractivity contribution is 0.0730. The maximum absolute atomic E-state index is 12.6. The lowest BCUT2D eigenvalue weighted by atomic mass is 10.1. The average Bonchev–Trinajstić information content (AvgIpc) is 2.74. The summed E-state index contributed by atoms with van der Waals surface area (Å²) in [6.45, 7) is 3.34. The zero-order chi connectivity index (χ0) is 20.1. The molecule has 8 heteroatoms. The first kappa shape index (κ1) is 20.3. The minimum absolute atomic E-state index is 0.175. The second-order valence-corrected chi connectivity index (χ2v) is 8.45. The summed E-state index contributed by atoms with van der Waals surface area (Å²) in [4.78, 5) is 12.7. The van der Waals surface area contributed by atoms with Crippen molar-refractivity contribution in [3.8, 4) is 5.75 Å². The van der Waals surface area contributed by atoms with Crippen LogP contribution in [0.2, 0.25) is 0 Å². The van der Waals surface area contributed by atoms with E-state index >= 15 is 0 Å². The number of benzene rings is 2. The molecule has 0 bridgehead atoms. The second-order valence-electron chi connectivity index (χ2n) is 6.51. The van der Waals surface area contributed by atoms with Crippen LogP contribution >= 0.6 is 0 Å². The molecule has 3 rings (SSSR count). The van der Waals surface area contributed by atoms with Crippen molar-refractivity contribution in [3.63, 3.8) is 0 Å². The van der Waals surface area contributed by atoms with Gasteiger partial charge in [0.2, 0.25) is 10.0 Å². The van der Waals surface area contributed by atoms with Crippen LogP contribution in [0, 0.1) is 0 Å². The molecular weight excluding hydrogens is 380 g/mol. The molecule has 150 valence electrons. The maximum atomic E-state index is 12.6. The van der Waals surface area contributed by atoms with Gasteiger partial charge in [-0.05, 0) is 48.9 Å². The van der Waals surface area contributed by atoms with Crippen LogP contribution in [0.25, 0.3) is 0 Å². The fourth-order valence-corrected chi connectivity index (χ4v) is 4.38. The van der Waals surface area contributed by atoms with Gasteiger partial charge in [0.05, 0.1) is 31.3 Å². The Hall–Kier alpha value is -2.42. The van der Waals surface area contributed by atoms with Crippen molar-refractivity contribution in [1.29, 1.82) is 0 Å². The summed E-state index contributed by atoms with van der Waals surface area (Å²) >= 11 is 0. The number of nitrogens with zero attached hydrogens (tertiary/aromatic N) is 1. The Morgan fingerprint density at radius 2 is 1.68 bits per heavy atom. The Morgan fingerprint density at radius 3 is 2.25 bits per heavy atom. The summed E-state index contributed by atoms with van der Waals surface area (Å²) < 4.78 is 37.0. The highest BCUT2D eigenvalue weighted by molar-refractivity contribution is 7.89. The van der Waals surface area contributed by atoms with Gasteiger partial charge < -0.3 is 14.8 Å². The van der Waals surface area contributed by atoms with Gasteiger partial charge in [0, 0.05) is 18.7 Å². The van der Waals surface area contributed by atoms with E-state index in [1.165, 1.54) is 28.6 Å². The number of amides is 1. The number of morpholine rings is 1. The lowest BCUT2D eigenvalue weighted by Crippen LogP contribution is -2.40. The molecule has 0 aliphatic carbocycles. The van der Waals surface area contributed by atoms with Gasteiger partial charge in [0.25, 0.3) is 5.91 Å². The van der Waals surface area contributed by atoms with E-state index in [2.05, 4.69) is 5.32 Å². The molecular formula is C20H24N2O5S. The largest absolute Gasteiger partial charge is 0.497 e. The van der Waals surface area contributed by atoms with Gasteiger partial charge in [-0.25, -0.2) is 8.42 Å². The zero-order valence-corrected chi connectivity index (χ0v) is 16.7. The molecule has 1 fully saturated rings. The summed E-state index contributed by atoms with van der Waals surface area (Å²) in [5.74, 6) is 0.484. The third-order valence-corrected chi connectivity index (χ3v) is 6.60. The highest BCUT2D eigenvalue weighted by Crippen LogP contribution is 2.20. The van der Waals surface area contributed by atoms with Gasteiger partial charge in [-0.3, -0.25) is 4.79 Å². The van der Waals surface area contributed by atoms with E-state index in [-0.39, 0.29) is 16.8 Å². The average molecular weight is 404 g/mol. The Balaban J connectivity index is 1.67. The zero-order valence-electron chi connectivity index (χ0n) is 15.9. The van der Waals surface area contributed by atoms with Crippen molar-refractivity contribution in [2.24, 2.45) is 0 Å². The highest BCUT2D eigenvalue weighted by Gasteiger charge is 2.26. The fourth-order valence-electron chi connectivity index (χ4n) is 2.97. The number of rotatable bonds is 6. The Morgan fingerprint density at radius 1 is 1.07 bits per heavy atom. The fraction of sp³-hybridized carbons (Fsp3) is 0.350. The number of methoxy groups -OCH3 is 1. The van der Waals surface area contributed by atoms with Gasteiger partial charge in [-0.2, -0.15) is 4.31 Å². The molecule has 1 aliphatic heterocycles. The van der Waals surface area contributed by atoms with Crippen LogP contribution in [-0.2, 0) is 14.8 Å². The third-order valence-electron chi connectivity index (χ3n) is 4.69. The molecule has 1 saturated heterocycles. The van der Waals surface area contributed by atoms with E-state index in [0.717, 1.165) is 11.3 Å². The number of sulfonamides is 1. The molecule has 1 N–H and O–H groups in total. The van der Waals surface area contributed by atoms with Gasteiger partial charge in [0.1, 0.15) is 5.75 Å². The number of carbonyl (C=O) groups is 1. The predicted molar refractivity (Wildman–Crippen MR) is 105 cm³/mol. The van der Waals surface area contributed by atoms with Crippen molar-refractivity contribution in [2.75, 3.05) is 33.4 Å². The van der Waals surface area contributed by atoms with E-state index in [1.54, 1.807) is 7.11 Å². The van der Waals surface area contributed by atoms with Gasteiger partial charge in [0.15, 0.2) is 0 Å². The molecule has 7 nitrogen and oxygen atoms in total. The number of hydrogen-bond acceptors (Lipinski definition) is 5. The Kier molecular flexibility index (Phi) is 6.33. The topological polar surface area (TPSA) is 84.9 Å². The maximum Gasteiger partial charge on any atom is 0.251 e. The second kappa shape index (κ2) is 8.72. The van der Waals surface area contributed by atoms with Crippen LogP contribution in [0.3, 0.4) is 0 Å². The summed E-state index contributed by atoms with van der Waals surface area (Å²) in [7, 11) is -1.97. The molecule has 0 radical (unpaired) electrons. The molecule has 1 aliphatic rings. The minimum Gasteiger partial charge on any atom is -0.497 e. The smallest absolute Gasteiger partial charge is 0.251 e. The molecule has 1 amide bonds. The van der Waals surface area contributed by atoms with Crippen molar-refractivity contribution in [1.82, 2.24) is 9.62 Å². The molecule has 28 heavy (non-hydrogen) atoms. The van der Waals surface area contributed by atoms with E-state index < -0.39 is 10.0 Å². The van der Waals surface area contributed by atoms with E-state index in [4.69, 9.17) is 9.47 Å². The summed E-state index contributed by atoms with van der Waals surface area (Å²) in [6.07, 6.45) is 0. The van der Waals surface area contributed by atoms with Crippen molar-refractivity contribution in [3.05, 3.63) is 59.7 Å². The SMILES string of the molecule is COc1ccc(C(C)NC(=O)c2ccc(S(=O)(=O)N3CCOCC3)cc2)cc1. The van der Waals surface area contributed by atoms with Crippen LogP contribution in [-0.4, -0.2) is 52.0 Å². The van der Waals surface area contributed by atoms with E-state index in [9.17, 15) is 13.2 Å². The predicted octanol–water partition coefficient (Wildman–Crippen LogP) is 2.21. The van der Waals surface area contributed by atoms with Crippen LogP contribution in [0.1, 0.15) is 28.9 Å². The van der Waals surface area contributed by atoms with E-state index in [1.807, 2.05) is 31.2 Å². The number of ether oxygens (including phenoxy) is 2. The first-order chi connectivity index (χ1) is 13.4. The molecule has 2 aromatic rings. The quantitative estimate of drug-likeness (QED) is 0.798. The Bertz CT molecular complexity index is 905. The van der Waals surface area contributed by atoms with Gasteiger partial charge in [-0.1, -0.05) is 12.1 Å². The molecule has 1 heterocycles. The Labute approximate surface area is 165 Å². The normalized spacial score (nSPS) is 16.4. The first-order valence-electron chi connectivity index (χ1n) is 9.04. The van der Waals surface area contributed by atoms with Crippen LogP contribution < -0.4 is 10.1 Å². The molecule has 0 aromatic heterocycles. The van der Waals surface area contributed by atoms with Crippen molar-refractivity contribution < 1.29 is 22.7 Å². The summed E-state index contributed by atoms with van der Waals surface area (Å²) in [5, 5.41) is 2.92. The van der Waals surface area contributed by atoms with E-state index in [0.29, 0.717) is 31.9 Å². The van der Waals surface area contributed by atoms with Gasteiger partial charge >= 0.3 is 0 Å². The third kappa shape index (κ3) is 4.52. The molecule has 1 unspecified atom stereocenters. The van der Waals surface area contributed by atoms with Crippen LogP contribution in [0.15, 0.2) is 53.4 Å². The van der Waals surface area contributed by atoms with Crippen molar-refractivity contribution in [2.45, 2.75) is 17.9 Å². The minimum atomic E-state index is -3.57. The lowest BCUT2D eigenvalue weighted by Gasteiger charge is -2.26. The molecule has 1 atom stereocenters. The number of nitrogens with one attached hydrogen (secondary N) is 1. The first-order valence-corrected chi connectivity index (χ1v) is 10.5. The number of carbonyl (C=O) groups excluding carboxylic acids is 1. The number of hydrogen-bond donors (Lipinski definition) is 1. The summed E-state index contributed by atoms with van der Waals surface area (Å²) in [5.41, 5.74) is 1.35. The molecule has 2 aromatic carbocycles. The van der Waals surface area contributed by atoms with Crippen molar-refractivity contribution >= 4 is 15.9 Å². The van der Waals surface area contributed by atoms with Crippen LogP contribution in [0.5, 0.6) is 5.75 Å². The summed E-state index contributed by atoms with van der Waals surface area (Å²) in [6, 6.07) is 13.3. The standard InChI is InChI=1S/C20H24N2O5S/c1-15(16-3-7-18(26-2)8-4-16)21-20(23)17-5-9-19(10-6-17)28(24,25)22-11-13-27-14-12-22/h3-10,15H,11-14H2,1-2H3,(H,21,23). The van der Waals surface area contributed by atoms with Crippen LogP contribution in [0.4, 0.5) is 0 Å². The highest BCUT2D eigenvalue weighted by atomic mass is 32.2. The van der Waals surface area contributed by atoms with Gasteiger partial charge in [-0.15, -0.1) is 0 Å². The molecule has 0 spiro atoms.